The number of halogens is 1. The first kappa shape index (κ1) is 12.3. The second kappa shape index (κ2) is 4.61. The summed E-state index contributed by atoms with van der Waals surface area (Å²) < 4.78 is 15.9. The minimum atomic E-state index is -0.239. The van der Waals surface area contributed by atoms with Gasteiger partial charge in [-0.05, 0) is 43.3 Å². The molecule has 0 spiro atoms. The summed E-state index contributed by atoms with van der Waals surface area (Å²) in [6, 6.07) is 5.07. The molecule has 0 saturated carbocycles. The number of hydrogen-bond donors (Lipinski definition) is 1. The number of hydrogen-bond acceptors (Lipinski definition) is 1. The van der Waals surface area contributed by atoms with Gasteiger partial charge in [0.2, 0.25) is 0 Å². The third kappa shape index (κ3) is 2.14. The summed E-state index contributed by atoms with van der Waals surface area (Å²) >= 11 is 5.32. The van der Waals surface area contributed by atoms with Crippen LogP contribution in [0.25, 0.3) is 11.0 Å². The van der Waals surface area contributed by atoms with E-state index < -0.39 is 0 Å². The predicted molar refractivity (Wildman–Crippen MR) is 71.2 cm³/mol. The van der Waals surface area contributed by atoms with Crippen LogP contribution in [0, 0.1) is 16.5 Å². The van der Waals surface area contributed by atoms with Crippen molar-refractivity contribution in [3.05, 3.63) is 28.8 Å². The smallest absolute Gasteiger partial charge is 0.178 e. The van der Waals surface area contributed by atoms with E-state index in [1.807, 2.05) is 0 Å². The van der Waals surface area contributed by atoms with Crippen molar-refractivity contribution in [2.45, 2.75) is 33.2 Å². The third-order valence-electron chi connectivity index (χ3n) is 3.55. The van der Waals surface area contributed by atoms with Gasteiger partial charge in [0.1, 0.15) is 5.82 Å². The Labute approximate surface area is 105 Å². The monoisotopic (exact) mass is 252 g/mol. The minimum Gasteiger partial charge on any atom is -0.330 e. The zero-order valence-electron chi connectivity index (χ0n) is 10.3. The Morgan fingerprint density at radius 2 is 2.12 bits per heavy atom. The van der Waals surface area contributed by atoms with Gasteiger partial charge in [0, 0.05) is 6.04 Å². The number of fused-ring (bicyclic) bond motifs is 1. The number of imidazole rings is 1. The average Bonchev–Trinajstić information content (AvgIpc) is 2.62. The fourth-order valence-electron chi connectivity index (χ4n) is 2.10. The summed E-state index contributed by atoms with van der Waals surface area (Å²) in [4.78, 5) is 3.07. The number of nitrogens with one attached hydrogen (secondary N) is 1. The van der Waals surface area contributed by atoms with Crippen LogP contribution in [-0.4, -0.2) is 9.55 Å². The molecule has 0 aliphatic rings. The number of nitrogens with zero attached hydrogens (tertiary/aromatic N) is 1. The van der Waals surface area contributed by atoms with Gasteiger partial charge in [-0.15, -0.1) is 0 Å². The summed E-state index contributed by atoms with van der Waals surface area (Å²) in [5.74, 6) is 0.294. The van der Waals surface area contributed by atoms with Gasteiger partial charge in [-0.25, -0.2) is 4.39 Å². The maximum atomic E-state index is 13.1. The van der Waals surface area contributed by atoms with E-state index in [4.69, 9.17) is 12.2 Å². The van der Waals surface area contributed by atoms with Crippen molar-refractivity contribution in [3.63, 3.8) is 0 Å². The molecule has 1 aromatic carbocycles. The second-order valence-electron chi connectivity index (χ2n) is 4.59. The highest BCUT2D eigenvalue weighted by molar-refractivity contribution is 7.71. The Balaban J connectivity index is 2.61. The zero-order valence-corrected chi connectivity index (χ0v) is 11.1. The van der Waals surface area contributed by atoms with E-state index in [2.05, 4.69) is 30.3 Å². The Morgan fingerprint density at radius 3 is 2.76 bits per heavy atom. The van der Waals surface area contributed by atoms with E-state index in [1.165, 1.54) is 12.1 Å². The lowest BCUT2D eigenvalue weighted by atomic mass is 10.0. The Bertz CT molecular complexity index is 585. The first-order valence-electron chi connectivity index (χ1n) is 5.94. The van der Waals surface area contributed by atoms with Crippen LogP contribution in [0.5, 0.6) is 0 Å². The molecule has 1 heterocycles. The highest BCUT2D eigenvalue weighted by Crippen LogP contribution is 2.26. The second-order valence-corrected chi connectivity index (χ2v) is 4.97. The van der Waals surface area contributed by atoms with Crippen LogP contribution in [0.1, 0.15) is 33.2 Å². The fourth-order valence-corrected chi connectivity index (χ4v) is 2.48. The van der Waals surface area contributed by atoms with Crippen molar-refractivity contribution < 1.29 is 4.39 Å². The molecule has 1 N–H and O–H groups in total. The summed E-state index contributed by atoms with van der Waals surface area (Å²) in [7, 11) is 0. The standard InChI is InChI=1S/C13H17FN2S/c1-4-8(2)9(3)16-12-6-5-10(14)7-11(12)15-13(16)17/h5-9H,4H2,1-3H3,(H,15,17). The molecule has 2 aromatic rings. The molecule has 17 heavy (non-hydrogen) atoms. The largest absolute Gasteiger partial charge is 0.330 e. The van der Waals surface area contributed by atoms with E-state index in [1.54, 1.807) is 6.07 Å². The maximum Gasteiger partial charge on any atom is 0.178 e. The minimum absolute atomic E-state index is 0.239. The molecule has 0 aliphatic carbocycles. The van der Waals surface area contributed by atoms with Crippen molar-refractivity contribution in [3.8, 4) is 0 Å². The van der Waals surface area contributed by atoms with Gasteiger partial charge in [-0.1, -0.05) is 20.3 Å². The first-order chi connectivity index (χ1) is 8.04. The van der Waals surface area contributed by atoms with Gasteiger partial charge < -0.3 is 9.55 Å². The molecule has 2 nitrogen and oxygen atoms in total. The molecule has 92 valence electrons. The van der Waals surface area contributed by atoms with Crippen LogP contribution in [0.2, 0.25) is 0 Å². The fraction of sp³-hybridized carbons (Fsp3) is 0.462. The van der Waals surface area contributed by atoms with Gasteiger partial charge in [0.05, 0.1) is 11.0 Å². The number of benzene rings is 1. The summed E-state index contributed by atoms with van der Waals surface area (Å²) in [6.07, 6.45) is 1.09. The number of aromatic nitrogens is 2. The molecule has 2 unspecified atom stereocenters. The van der Waals surface area contributed by atoms with Crippen molar-refractivity contribution in [1.82, 2.24) is 9.55 Å². The zero-order chi connectivity index (χ0) is 12.6. The lowest BCUT2D eigenvalue weighted by Crippen LogP contribution is -2.13. The summed E-state index contributed by atoms with van der Waals surface area (Å²) in [6.45, 7) is 6.52. The van der Waals surface area contributed by atoms with Crippen molar-refractivity contribution >= 4 is 23.3 Å². The molecule has 0 saturated heterocycles. The lowest BCUT2D eigenvalue weighted by molar-refractivity contribution is 0.374. The molecule has 0 amide bonds. The normalized spacial score (nSPS) is 15.1. The molecule has 0 fully saturated rings. The SMILES string of the molecule is CCC(C)C(C)n1c(=S)[nH]c2cc(F)ccc21. The molecule has 0 bridgehead atoms. The van der Waals surface area contributed by atoms with Crippen molar-refractivity contribution in [2.75, 3.05) is 0 Å². The van der Waals surface area contributed by atoms with E-state index in [0.29, 0.717) is 16.7 Å². The van der Waals surface area contributed by atoms with Crippen LogP contribution in [0.4, 0.5) is 4.39 Å². The lowest BCUT2D eigenvalue weighted by Gasteiger charge is -2.20. The Kier molecular flexibility index (Phi) is 3.33. The Hall–Kier alpha value is -1.16. The van der Waals surface area contributed by atoms with Crippen LogP contribution in [-0.2, 0) is 0 Å². The van der Waals surface area contributed by atoms with Gasteiger partial charge in [0.25, 0.3) is 0 Å². The molecular formula is C13H17FN2S. The van der Waals surface area contributed by atoms with Gasteiger partial charge >= 0.3 is 0 Å². The van der Waals surface area contributed by atoms with E-state index in [-0.39, 0.29) is 5.82 Å². The molecule has 4 heteroatoms. The van der Waals surface area contributed by atoms with Gasteiger partial charge in [-0.3, -0.25) is 0 Å². The van der Waals surface area contributed by atoms with E-state index in [9.17, 15) is 4.39 Å². The molecule has 0 aliphatic heterocycles. The topological polar surface area (TPSA) is 20.7 Å². The van der Waals surface area contributed by atoms with E-state index in [0.717, 1.165) is 17.5 Å². The van der Waals surface area contributed by atoms with Crippen LogP contribution in [0.3, 0.4) is 0 Å². The molecule has 1 aromatic heterocycles. The van der Waals surface area contributed by atoms with Crippen LogP contribution >= 0.6 is 12.2 Å². The highest BCUT2D eigenvalue weighted by Gasteiger charge is 2.16. The Morgan fingerprint density at radius 1 is 1.41 bits per heavy atom. The quantitative estimate of drug-likeness (QED) is 0.801. The van der Waals surface area contributed by atoms with Gasteiger partial charge in [-0.2, -0.15) is 0 Å². The molecular weight excluding hydrogens is 235 g/mol. The van der Waals surface area contributed by atoms with Crippen LogP contribution in [0.15, 0.2) is 18.2 Å². The average molecular weight is 252 g/mol. The number of rotatable bonds is 3. The number of H-pyrrole nitrogens is 1. The maximum absolute atomic E-state index is 13.1. The summed E-state index contributed by atoms with van der Waals surface area (Å²) in [5.41, 5.74) is 1.74. The van der Waals surface area contributed by atoms with Crippen LogP contribution < -0.4 is 0 Å². The van der Waals surface area contributed by atoms with Crippen molar-refractivity contribution in [1.29, 1.82) is 0 Å². The molecule has 2 rings (SSSR count). The highest BCUT2D eigenvalue weighted by atomic mass is 32.1. The number of aromatic amines is 1. The first-order valence-corrected chi connectivity index (χ1v) is 6.35. The third-order valence-corrected chi connectivity index (χ3v) is 3.85. The van der Waals surface area contributed by atoms with Crippen molar-refractivity contribution in [2.24, 2.45) is 5.92 Å². The van der Waals surface area contributed by atoms with Gasteiger partial charge in [0.15, 0.2) is 4.77 Å². The summed E-state index contributed by atoms with van der Waals surface area (Å²) in [5, 5.41) is 0. The predicted octanol–water partition coefficient (Wildman–Crippen LogP) is 4.45. The molecule has 0 radical (unpaired) electrons. The van der Waals surface area contributed by atoms with E-state index >= 15 is 0 Å². The molecule has 2 atom stereocenters.